The fourth-order valence-corrected chi connectivity index (χ4v) is 1.24. The van der Waals surface area contributed by atoms with Crippen LogP contribution in [0.15, 0.2) is 24.8 Å². The second kappa shape index (κ2) is 7.63. The minimum Gasteiger partial charge on any atom is -0.495 e. The Bertz CT molecular complexity index is 335. The fraction of sp³-hybridized carbons (Fsp3) is 0.385. The average Bonchev–Trinajstić information content (AvgIpc) is 2.39. The van der Waals surface area contributed by atoms with E-state index in [-0.39, 0.29) is 0 Å². The Morgan fingerprint density at radius 1 is 1.25 bits per heavy atom. The van der Waals surface area contributed by atoms with Gasteiger partial charge in [-0.1, -0.05) is 20.4 Å². The second-order valence-corrected chi connectivity index (χ2v) is 2.89. The van der Waals surface area contributed by atoms with Crippen molar-refractivity contribution >= 4 is 11.4 Å². The van der Waals surface area contributed by atoms with Gasteiger partial charge in [0.15, 0.2) is 0 Å². The van der Waals surface area contributed by atoms with Gasteiger partial charge < -0.3 is 15.4 Å². The van der Waals surface area contributed by atoms with Crippen LogP contribution in [0.4, 0.5) is 5.69 Å². The van der Waals surface area contributed by atoms with Crippen molar-refractivity contribution in [2.75, 3.05) is 26.5 Å². The van der Waals surface area contributed by atoms with E-state index < -0.39 is 0 Å². The van der Waals surface area contributed by atoms with Crippen LogP contribution in [-0.2, 0) is 0 Å². The molecule has 0 bridgehead atoms. The summed E-state index contributed by atoms with van der Waals surface area (Å²) in [7, 11) is 5.37. The summed E-state index contributed by atoms with van der Waals surface area (Å²) in [5.41, 5.74) is 2.91. The molecular weight excluding hydrogens is 200 g/mol. The third kappa shape index (κ3) is 3.50. The molecule has 0 saturated heterocycles. The molecule has 0 unspecified atom stereocenters. The minimum absolute atomic E-state index is 0.833. The van der Waals surface area contributed by atoms with E-state index in [2.05, 4.69) is 17.2 Å². The van der Waals surface area contributed by atoms with Crippen molar-refractivity contribution in [2.45, 2.75) is 13.8 Å². The van der Waals surface area contributed by atoms with Crippen molar-refractivity contribution in [1.29, 1.82) is 0 Å². The van der Waals surface area contributed by atoms with Crippen molar-refractivity contribution < 1.29 is 4.74 Å². The van der Waals surface area contributed by atoms with Crippen molar-refractivity contribution in [3.63, 3.8) is 0 Å². The summed E-state index contributed by atoms with van der Waals surface area (Å²) in [6.07, 6.45) is 0. The zero-order chi connectivity index (χ0) is 12.6. The molecule has 0 heterocycles. The summed E-state index contributed by atoms with van der Waals surface area (Å²) in [5.74, 6) is 0.833. The Morgan fingerprint density at radius 2 is 1.88 bits per heavy atom. The lowest BCUT2D eigenvalue weighted by atomic mass is 10.1. The summed E-state index contributed by atoms with van der Waals surface area (Å²) in [6, 6.07) is 5.89. The SMILES string of the molecule is C=C(NC)c1ccc(OC)c(NC)c1.CC. The number of hydrogen-bond donors (Lipinski definition) is 2. The Morgan fingerprint density at radius 3 is 2.31 bits per heavy atom. The second-order valence-electron chi connectivity index (χ2n) is 2.89. The summed E-state index contributed by atoms with van der Waals surface area (Å²) in [4.78, 5) is 0. The van der Waals surface area contributed by atoms with Gasteiger partial charge in [-0.05, 0) is 23.8 Å². The molecule has 0 fully saturated rings. The lowest BCUT2D eigenvalue weighted by Gasteiger charge is -2.11. The first-order chi connectivity index (χ1) is 7.72. The number of hydrogen-bond acceptors (Lipinski definition) is 3. The van der Waals surface area contributed by atoms with E-state index in [4.69, 9.17) is 4.74 Å². The van der Waals surface area contributed by atoms with E-state index in [1.165, 1.54) is 0 Å². The van der Waals surface area contributed by atoms with Gasteiger partial charge in [0.25, 0.3) is 0 Å². The number of anilines is 1. The zero-order valence-corrected chi connectivity index (χ0v) is 10.8. The summed E-state index contributed by atoms with van der Waals surface area (Å²) >= 11 is 0. The number of ether oxygens (including phenoxy) is 1. The molecule has 0 aliphatic rings. The number of rotatable bonds is 4. The molecule has 1 aromatic rings. The van der Waals surface area contributed by atoms with E-state index >= 15 is 0 Å². The Balaban J connectivity index is 0.00000106. The maximum Gasteiger partial charge on any atom is 0.141 e. The van der Waals surface area contributed by atoms with Crippen LogP contribution < -0.4 is 15.4 Å². The quantitative estimate of drug-likeness (QED) is 0.821. The summed E-state index contributed by atoms with van der Waals surface area (Å²) in [5, 5.41) is 6.08. The molecule has 0 saturated carbocycles. The monoisotopic (exact) mass is 222 g/mol. The Hall–Kier alpha value is -1.64. The molecule has 1 aromatic carbocycles. The molecule has 0 radical (unpaired) electrons. The molecule has 0 amide bonds. The first-order valence-electron chi connectivity index (χ1n) is 5.45. The molecule has 0 aromatic heterocycles. The minimum atomic E-state index is 0.833. The molecule has 2 N–H and O–H groups in total. The molecule has 3 heteroatoms. The first kappa shape index (κ1) is 14.4. The summed E-state index contributed by atoms with van der Waals surface area (Å²) < 4.78 is 5.19. The smallest absolute Gasteiger partial charge is 0.141 e. The predicted octanol–water partition coefficient (Wildman–Crippen LogP) is 2.95. The highest BCUT2D eigenvalue weighted by Gasteiger charge is 2.03. The molecule has 0 atom stereocenters. The molecule has 1 rings (SSSR count). The van der Waals surface area contributed by atoms with Gasteiger partial charge in [0.05, 0.1) is 12.8 Å². The van der Waals surface area contributed by atoms with Crippen molar-refractivity contribution in [3.8, 4) is 5.75 Å². The third-order valence-corrected chi connectivity index (χ3v) is 2.12. The topological polar surface area (TPSA) is 33.3 Å². The van der Waals surface area contributed by atoms with Gasteiger partial charge in [0.1, 0.15) is 5.75 Å². The molecule has 3 nitrogen and oxygen atoms in total. The molecule has 0 aliphatic heterocycles. The average molecular weight is 222 g/mol. The fourth-order valence-electron chi connectivity index (χ4n) is 1.24. The number of nitrogens with one attached hydrogen (secondary N) is 2. The lowest BCUT2D eigenvalue weighted by molar-refractivity contribution is 0.416. The van der Waals surface area contributed by atoms with Crippen LogP contribution in [0.1, 0.15) is 19.4 Å². The van der Waals surface area contributed by atoms with E-state index in [0.29, 0.717) is 0 Å². The lowest BCUT2D eigenvalue weighted by Crippen LogP contribution is -2.03. The molecule has 90 valence electrons. The predicted molar refractivity (Wildman–Crippen MR) is 72.0 cm³/mol. The zero-order valence-electron chi connectivity index (χ0n) is 10.8. The maximum atomic E-state index is 5.19. The molecule has 16 heavy (non-hydrogen) atoms. The Labute approximate surface area is 98.5 Å². The largest absolute Gasteiger partial charge is 0.495 e. The highest BCUT2D eigenvalue weighted by molar-refractivity contribution is 5.69. The van der Waals surface area contributed by atoms with Crippen molar-refractivity contribution in [1.82, 2.24) is 5.32 Å². The van der Waals surface area contributed by atoms with Crippen LogP contribution in [0.2, 0.25) is 0 Å². The highest BCUT2D eigenvalue weighted by atomic mass is 16.5. The maximum absolute atomic E-state index is 5.19. The van der Waals surface area contributed by atoms with Crippen LogP contribution in [0.5, 0.6) is 5.75 Å². The van der Waals surface area contributed by atoms with Gasteiger partial charge in [0.2, 0.25) is 0 Å². The van der Waals surface area contributed by atoms with Crippen LogP contribution in [0, 0.1) is 0 Å². The van der Waals surface area contributed by atoms with E-state index in [1.54, 1.807) is 7.11 Å². The van der Waals surface area contributed by atoms with Crippen LogP contribution in [0.25, 0.3) is 5.70 Å². The third-order valence-electron chi connectivity index (χ3n) is 2.12. The summed E-state index contributed by atoms with van der Waals surface area (Å²) in [6.45, 7) is 7.89. The van der Waals surface area contributed by atoms with Crippen LogP contribution in [0.3, 0.4) is 0 Å². The molecular formula is C13H22N2O. The first-order valence-corrected chi connectivity index (χ1v) is 5.45. The van der Waals surface area contributed by atoms with Gasteiger partial charge in [-0.2, -0.15) is 0 Å². The van der Waals surface area contributed by atoms with Crippen LogP contribution in [-0.4, -0.2) is 21.2 Å². The highest BCUT2D eigenvalue weighted by Crippen LogP contribution is 2.26. The van der Waals surface area contributed by atoms with Gasteiger partial charge in [-0.15, -0.1) is 0 Å². The van der Waals surface area contributed by atoms with Crippen molar-refractivity contribution in [3.05, 3.63) is 30.3 Å². The van der Waals surface area contributed by atoms with Crippen LogP contribution >= 0.6 is 0 Å². The van der Waals surface area contributed by atoms with E-state index in [0.717, 1.165) is 22.7 Å². The van der Waals surface area contributed by atoms with Gasteiger partial charge in [-0.3, -0.25) is 0 Å². The number of benzene rings is 1. The van der Waals surface area contributed by atoms with Crippen molar-refractivity contribution in [2.24, 2.45) is 0 Å². The Kier molecular flexibility index (Phi) is 6.84. The van der Waals surface area contributed by atoms with Gasteiger partial charge in [0, 0.05) is 19.8 Å². The molecule has 0 aliphatic carbocycles. The normalized spacial score (nSPS) is 8.56. The molecule has 0 spiro atoms. The van der Waals surface area contributed by atoms with E-state index in [9.17, 15) is 0 Å². The van der Waals surface area contributed by atoms with E-state index in [1.807, 2.05) is 46.1 Å². The van der Waals surface area contributed by atoms with Gasteiger partial charge in [-0.25, -0.2) is 0 Å². The standard InChI is InChI=1S/C11H16N2O.C2H6/c1-8(12-2)9-5-6-11(14-4)10(7-9)13-3;1-2/h5-7,12-13H,1H2,2-4H3;1-2H3. The van der Waals surface area contributed by atoms with Gasteiger partial charge >= 0.3 is 0 Å². The number of methoxy groups -OCH3 is 1.